The normalized spacial score (nSPS) is 11.1. The average Bonchev–Trinajstić information content (AvgIpc) is 2.79. The lowest BCUT2D eigenvalue weighted by atomic mass is 10.1. The molecule has 4 heteroatoms. The first-order valence-electron chi connectivity index (χ1n) is 9.98. The van der Waals surface area contributed by atoms with Crippen LogP contribution >= 0.6 is 0 Å². The van der Waals surface area contributed by atoms with E-state index in [9.17, 15) is 0 Å². The summed E-state index contributed by atoms with van der Waals surface area (Å²) in [7, 11) is 1.68. The number of fused-ring (bicyclic) bond motifs is 1. The molecule has 0 atom stereocenters. The third-order valence-corrected chi connectivity index (χ3v) is 4.91. The van der Waals surface area contributed by atoms with Crippen molar-refractivity contribution in [2.45, 2.75) is 6.54 Å². The summed E-state index contributed by atoms with van der Waals surface area (Å²) in [4.78, 5) is 0. The molecule has 0 amide bonds. The van der Waals surface area contributed by atoms with Crippen molar-refractivity contribution >= 4 is 23.1 Å². The fourth-order valence-corrected chi connectivity index (χ4v) is 3.46. The van der Waals surface area contributed by atoms with Crippen molar-refractivity contribution in [2.75, 3.05) is 13.7 Å². The third-order valence-electron chi connectivity index (χ3n) is 4.91. The lowest BCUT2D eigenvalue weighted by Gasteiger charge is -2.07. The van der Waals surface area contributed by atoms with Crippen molar-refractivity contribution in [3.05, 3.63) is 96.2 Å². The summed E-state index contributed by atoms with van der Waals surface area (Å²) >= 11 is 0. The van der Waals surface area contributed by atoms with Crippen LogP contribution in [0.2, 0.25) is 0 Å². The number of pyridine rings is 1. The Balaban J connectivity index is 1.63. The van der Waals surface area contributed by atoms with E-state index >= 15 is 0 Å². The molecule has 30 heavy (non-hydrogen) atoms. The Morgan fingerprint density at radius 1 is 0.800 bits per heavy atom. The van der Waals surface area contributed by atoms with Crippen LogP contribution in [0.4, 0.5) is 0 Å². The first-order valence-corrected chi connectivity index (χ1v) is 9.98. The van der Waals surface area contributed by atoms with Gasteiger partial charge in [0.25, 0.3) is 0 Å². The SMILES string of the molecule is COc1ccc2c(ccc(/C=C/c3cccc(Oc4ccccc4)c3)[n+]2CCN)c1. The molecular formula is C26H25N2O2+. The van der Waals surface area contributed by atoms with Gasteiger partial charge in [-0.1, -0.05) is 30.3 Å². The smallest absolute Gasteiger partial charge is 0.213 e. The van der Waals surface area contributed by atoms with Gasteiger partial charge in [-0.3, -0.25) is 0 Å². The summed E-state index contributed by atoms with van der Waals surface area (Å²) in [5, 5.41) is 1.12. The lowest BCUT2D eigenvalue weighted by molar-refractivity contribution is -0.670. The number of para-hydroxylation sites is 1. The van der Waals surface area contributed by atoms with E-state index in [4.69, 9.17) is 15.2 Å². The van der Waals surface area contributed by atoms with Gasteiger partial charge >= 0.3 is 0 Å². The number of methoxy groups -OCH3 is 1. The van der Waals surface area contributed by atoms with Crippen molar-refractivity contribution < 1.29 is 14.0 Å². The Hall–Kier alpha value is -3.63. The Kier molecular flexibility index (Phi) is 6.06. The molecule has 0 radical (unpaired) electrons. The maximum atomic E-state index is 5.95. The molecule has 0 saturated carbocycles. The predicted octanol–water partition coefficient (Wildman–Crippen LogP) is 5.06. The second kappa shape index (κ2) is 9.25. The Bertz CT molecular complexity index is 1170. The van der Waals surface area contributed by atoms with Gasteiger partial charge in [0.05, 0.1) is 19.0 Å². The number of nitrogens with zero attached hydrogens (tertiary/aromatic N) is 1. The van der Waals surface area contributed by atoms with E-state index in [0.717, 1.165) is 46.0 Å². The van der Waals surface area contributed by atoms with Crippen LogP contribution in [-0.4, -0.2) is 13.7 Å². The summed E-state index contributed by atoms with van der Waals surface area (Å²) in [6, 6.07) is 28.2. The zero-order chi connectivity index (χ0) is 20.8. The van der Waals surface area contributed by atoms with Crippen LogP contribution in [0, 0.1) is 0 Å². The maximum absolute atomic E-state index is 5.95. The van der Waals surface area contributed by atoms with Crippen LogP contribution in [0.1, 0.15) is 11.3 Å². The van der Waals surface area contributed by atoms with Gasteiger partial charge in [0, 0.05) is 18.2 Å². The van der Waals surface area contributed by atoms with Gasteiger partial charge in [0.1, 0.15) is 17.2 Å². The van der Waals surface area contributed by atoms with Crippen LogP contribution < -0.4 is 19.8 Å². The molecule has 0 aliphatic rings. The van der Waals surface area contributed by atoms with E-state index in [1.54, 1.807) is 7.11 Å². The third kappa shape index (κ3) is 4.50. The Labute approximate surface area is 176 Å². The van der Waals surface area contributed by atoms with Gasteiger partial charge in [0.15, 0.2) is 6.54 Å². The minimum atomic E-state index is 0.567. The van der Waals surface area contributed by atoms with Crippen LogP contribution in [-0.2, 0) is 6.54 Å². The molecule has 1 aromatic heterocycles. The number of aromatic nitrogens is 1. The standard InChI is InChI=1S/C26H25N2O2/c1-29-24-14-15-26-21(19-24)11-13-22(28(26)17-16-27)12-10-20-6-5-9-25(18-20)30-23-7-3-2-4-8-23/h2-15,18-19H,16-17,27H2,1H3/q+1/b12-10+. The van der Waals surface area contributed by atoms with E-state index < -0.39 is 0 Å². The molecule has 0 aliphatic heterocycles. The highest BCUT2D eigenvalue weighted by Gasteiger charge is 2.13. The summed E-state index contributed by atoms with van der Waals surface area (Å²) in [6.45, 7) is 1.30. The Morgan fingerprint density at radius 2 is 1.63 bits per heavy atom. The van der Waals surface area contributed by atoms with E-state index in [1.807, 2.05) is 60.7 Å². The summed E-state index contributed by atoms with van der Waals surface area (Å²) in [5.74, 6) is 2.48. The first kappa shape index (κ1) is 19.7. The van der Waals surface area contributed by atoms with Crippen molar-refractivity contribution in [1.29, 1.82) is 0 Å². The number of benzene rings is 3. The maximum Gasteiger partial charge on any atom is 0.213 e. The van der Waals surface area contributed by atoms with E-state index in [1.165, 1.54) is 0 Å². The van der Waals surface area contributed by atoms with Crippen molar-refractivity contribution in [3.8, 4) is 17.2 Å². The molecule has 3 aromatic carbocycles. The van der Waals surface area contributed by atoms with Gasteiger partial charge in [0.2, 0.25) is 11.2 Å². The molecule has 4 nitrogen and oxygen atoms in total. The van der Waals surface area contributed by atoms with E-state index in [2.05, 4.69) is 41.0 Å². The molecule has 0 spiro atoms. The largest absolute Gasteiger partial charge is 0.497 e. The molecule has 4 rings (SSSR count). The number of hydrogen-bond donors (Lipinski definition) is 1. The van der Waals surface area contributed by atoms with Crippen LogP contribution in [0.25, 0.3) is 23.1 Å². The summed E-state index contributed by atoms with van der Waals surface area (Å²) in [6.07, 6.45) is 4.20. The van der Waals surface area contributed by atoms with E-state index in [-0.39, 0.29) is 0 Å². The minimum absolute atomic E-state index is 0.567. The van der Waals surface area contributed by atoms with Gasteiger partial charge in [-0.05, 0) is 54.1 Å². The second-order valence-electron chi connectivity index (χ2n) is 6.94. The highest BCUT2D eigenvalue weighted by molar-refractivity contribution is 5.79. The average molecular weight is 397 g/mol. The fraction of sp³-hybridized carbons (Fsp3) is 0.115. The Morgan fingerprint density at radius 3 is 2.43 bits per heavy atom. The van der Waals surface area contributed by atoms with Crippen LogP contribution in [0.15, 0.2) is 84.9 Å². The number of nitrogens with two attached hydrogens (primary N) is 1. The number of ether oxygens (including phenoxy) is 2. The number of rotatable bonds is 7. The molecule has 0 fully saturated rings. The molecule has 0 aliphatic carbocycles. The molecule has 4 aromatic rings. The molecule has 2 N–H and O–H groups in total. The number of hydrogen-bond acceptors (Lipinski definition) is 3. The summed E-state index contributed by atoms with van der Waals surface area (Å²) < 4.78 is 13.5. The van der Waals surface area contributed by atoms with E-state index in [0.29, 0.717) is 6.54 Å². The zero-order valence-corrected chi connectivity index (χ0v) is 17.0. The molecule has 0 unspecified atom stereocenters. The molecule has 1 heterocycles. The summed E-state index contributed by atoms with van der Waals surface area (Å²) in [5.41, 5.74) is 9.18. The topological polar surface area (TPSA) is 48.4 Å². The van der Waals surface area contributed by atoms with Crippen LogP contribution in [0.3, 0.4) is 0 Å². The first-order chi connectivity index (χ1) is 14.8. The highest BCUT2D eigenvalue weighted by atomic mass is 16.5. The predicted molar refractivity (Wildman–Crippen MR) is 122 cm³/mol. The zero-order valence-electron chi connectivity index (χ0n) is 17.0. The minimum Gasteiger partial charge on any atom is -0.497 e. The quantitative estimate of drug-likeness (QED) is 0.444. The molecular weight excluding hydrogens is 372 g/mol. The van der Waals surface area contributed by atoms with Gasteiger partial charge < -0.3 is 15.2 Å². The van der Waals surface area contributed by atoms with Gasteiger partial charge in [-0.25, -0.2) is 0 Å². The van der Waals surface area contributed by atoms with Gasteiger partial charge in [-0.2, -0.15) is 4.57 Å². The molecule has 150 valence electrons. The van der Waals surface area contributed by atoms with Gasteiger partial charge in [-0.15, -0.1) is 0 Å². The molecule has 0 bridgehead atoms. The van der Waals surface area contributed by atoms with Crippen molar-refractivity contribution in [1.82, 2.24) is 0 Å². The fourth-order valence-electron chi connectivity index (χ4n) is 3.46. The van der Waals surface area contributed by atoms with Crippen molar-refractivity contribution in [2.24, 2.45) is 5.73 Å². The monoisotopic (exact) mass is 397 g/mol. The highest BCUT2D eigenvalue weighted by Crippen LogP contribution is 2.23. The van der Waals surface area contributed by atoms with Crippen molar-refractivity contribution in [3.63, 3.8) is 0 Å². The lowest BCUT2D eigenvalue weighted by Crippen LogP contribution is -2.41. The second-order valence-corrected chi connectivity index (χ2v) is 6.94. The molecule has 0 saturated heterocycles. The van der Waals surface area contributed by atoms with Crippen LogP contribution in [0.5, 0.6) is 17.2 Å².